The minimum atomic E-state index is 0.528. The Labute approximate surface area is 153 Å². The van der Waals surface area contributed by atoms with Gasteiger partial charge in [0.1, 0.15) is 18.2 Å². The van der Waals surface area contributed by atoms with Crippen LogP contribution in [0.2, 0.25) is 0 Å². The molecule has 2 aromatic rings. The predicted molar refractivity (Wildman–Crippen MR) is 99.4 cm³/mol. The number of ether oxygens (including phenoxy) is 2. The van der Waals surface area contributed by atoms with Crippen LogP contribution >= 0.6 is 0 Å². The Kier molecular flexibility index (Phi) is 4.93. The van der Waals surface area contributed by atoms with Crippen molar-refractivity contribution in [1.82, 2.24) is 15.0 Å². The van der Waals surface area contributed by atoms with E-state index in [9.17, 15) is 0 Å². The Morgan fingerprint density at radius 1 is 1.23 bits per heavy atom. The Balaban J connectivity index is 1.52. The summed E-state index contributed by atoms with van der Waals surface area (Å²) in [5.74, 6) is 2.54. The highest BCUT2D eigenvalue weighted by Crippen LogP contribution is 2.29. The van der Waals surface area contributed by atoms with Crippen molar-refractivity contribution in [2.24, 2.45) is 0 Å². The zero-order chi connectivity index (χ0) is 17.8. The first-order valence-corrected chi connectivity index (χ1v) is 8.90. The van der Waals surface area contributed by atoms with Gasteiger partial charge in [-0.05, 0) is 37.1 Å². The summed E-state index contributed by atoms with van der Waals surface area (Å²) >= 11 is 0. The molecule has 1 aliphatic heterocycles. The molecule has 0 radical (unpaired) electrons. The molecule has 0 N–H and O–H groups in total. The van der Waals surface area contributed by atoms with Crippen LogP contribution in [-0.2, 0) is 22.7 Å². The normalized spacial score (nSPS) is 15.5. The number of likely N-dealkylation sites (N-methyl/N-ethyl adjacent to an activating group) is 1. The van der Waals surface area contributed by atoms with E-state index in [4.69, 9.17) is 14.5 Å². The molecular weight excluding hydrogens is 328 g/mol. The highest BCUT2D eigenvalue weighted by atomic mass is 16.5. The molecule has 0 saturated carbocycles. The zero-order valence-electron chi connectivity index (χ0n) is 14.9. The maximum Gasteiger partial charge on any atom is 0.163 e. The molecule has 4 rings (SSSR count). The molecule has 134 valence electrons. The highest BCUT2D eigenvalue weighted by molar-refractivity contribution is 5.60. The molecule has 6 nitrogen and oxygen atoms in total. The van der Waals surface area contributed by atoms with Crippen LogP contribution in [0.25, 0.3) is 11.4 Å². The average Bonchev–Trinajstić information content (AvgIpc) is 3.17. The first-order valence-electron chi connectivity index (χ1n) is 8.90. The van der Waals surface area contributed by atoms with Crippen molar-refractivity contribution in [3.63, 3.8) is 0 Å². The number of hydrogen-bond donors (Lipinski definition) is 0. The minimum Gasteiger partial charge on any atom is -0.492 e. The van der Waals surface area contributed by atoms with Gasteiger partial charge in [0.25, 0.3) is 0 Å². The lowest BCUT2D eigenvalue weighted by Crippen LogP contribution is -2.25. The second-order valence-corrected chi connectivity index (χ2v) is 6.39. The topological polar surface area (TPSA) is 60.4 Å². The van der Waals surface area contributed by atoms with Crippen LogP contribution < -0.4 is 4.90 Å². The molecule has 0 aromatic carbocycles. The van der Waals surface area contributed by atoms with Crippen molar-refractivity contribution in [1.29, 1.82) is 0 Å². The van der Waals surface area contributed by atoms with Gasteiger partial charge in [0, 0.05) is 30.6 Å². The van der Waals surface area contributed by atoms with Crippen molar-refractivity contribution >= 4 is 5.82 Å². The van der Waals surface area contributed by atoms with Crippen LogP contribution in [0, 0.1) is 0 Å². The number of fused-ring (bicyclic) bond motifs is 1. The molecule has 0 spiro atoms. The van der Waals surface area contributed by atoms with Crippen molar-refractivity contribution in [2.75, 3.05) is 25.1 Å². The predicted octanol–water partition coefficient (Wildman–Crippen LogP) is 3.26. The summed E-state index contributed by atoms with van der Waals surface area (Å²) in [6.07, 6.45) is 12.0. The van der Waals surface area contributed by atoms with E-state index in [0.29, 0.717) is 25.6 Å². The summed E-state index contributed by atoms with van der Waals surface area (Å²) in [7, 11) is 2.03. The van der Waals surface area contributed by atoms with Gasteiger partial charge >= 0.3 is 0 Å². The number of rotatable bonds is 6. The maximum absolute atomic E-state index is 5.86. The quantitative estimate of drug-likeness (QED) is 0.797. The van der Waals surface area contributed by atoms with Crippen molar-refractivity contribution in [3.05, 3.63) is 59.8 Å². The molecule has 0 bridgehead atoms. The van der Waals surface area contributed by atoms with Crippen LogP contribution in [-0.4, -0.2) is 35.2 Å². The Hall–Kier alpha value is -2.73. The molecule has 0 unspecified atom stereocenters. The number of pyridine rings is 1. The molecule has 3 heterocycles. The standard InChI is InChI=1S/C20H22N4O2/c1-24(10-11-26-16-7-3-2-4-8-16)20-17-13-25-14-18(17)22-19(23-20)15-6-5-9-21-12-15/h3,5-9,12H,2,4,10-11,13-14H2,1H3. The molecule has 0 atom stereocenters. The molecule has 0 saturated heterocycles. The Morgan fingerprint density at radius 2 is 2.19 bits per heavy atom. The molecule has 2 aromatic heterocycles. The second-order valence-electron chi connectivity index (χ2n) is 6.39. The summed E-state index contributed by atoms with van der Waals surface area (Å²) < 4.78 is 11.5. The highest BCUT2D eigenvalue weighted by Gasteiger charge is 2.22. The number of allylic oxidation sites excluding steroid dienone is 3. The number of nitrogens with zero attached hydrogens (tertiary/aromatic N) is 4. The molecule has 6 heteroatoms. The lowest BCUT2D eigenvalue weighted by molar-refractivity contribution is 0.133. The van der Waals surface area contributed by atoms with Crippen LogP contribution in [0.5, 0.6) is 0 Å². The van der Waals surface area contributed by atoms with Gasteiger partial charge in [-0.25, -0.2) is 9.97 Å². The number of anilines is 1. The summed E-state index contributed by atoms with van der Waals surface area (Å²) in [6.45, 7) is 2.42. The van der Waals surface area contributed by atoms with Crippen molar-refractivity contribution < 1.29 is 9.47 Å². The van der Waals surface area contributed by atoms with Gasteiger partial charge in [0.05, 0.1) is 25.5 Å². The molecule has 0 amide bonds. The number of hydrogen-bond acceptors (Lipinski definition) is 6. The second kappa shape index (κ2) is 7.66. The largest absolute Gasteiger partial charge is 0.492 e. The molecule has 26 heavy (non-hydrogen) atoms. The van der Waals surface area contributed by atoms with E-state index < -0.39 is 0 Å². The zero-order valence-corrected chi connectivity index (χ0v) is 14.9. The van der Waals surface area contributed by atoms with Gasteiger partial charge in [-0.3, -0.25) is 4.98 Å². The first-order chi connectivity index (χ1) is 12.8. The monoisotopic (exact) mass is 350 g/mol. The van der Waals surface area contributed by atoms with Crippen molar-refractivity contribution in [3.8, 4) is 11.4 Å². The van der Waals surface area contributed by atoms with Gasteiger partial charge in [-0.2, -0.15) is 0 Å². The molecule has 2 aliphatic rings. The fourth-order valence-corrected chi connectivity index (χ4v) is 3.08. The fourth-order valence-electron chi connectivity index (χ4n) is 3.08. The summed E-state index contributed by atoms with van der Waals surface area (Å²) in [5.41, 5.74) is 2.93. The van der Waals surface area contributed by atoms with Gasteiger partial charge in [-0.15, -0.1) is 0 Å². The van der Waals surface area contributed by atoms with Gasteiger partial charge in [0.15, 0.2) is 5.82 Å². The molecule has 0 fully saturated rings. The third-order valence-electron chi connectivity index (χ3n) is 4.49. The summed E-state index contributed by atoms with van der Waals surface area (Å²) in [4.78, 5) is 15.7. The van der Waals surface area contributed by atoms with Crippen LogP contribution in [0.1, 0.15) is 24.1 Å². The molecular formula is C20H22N4O2. The van der Waals surface area contributed by atoms with Gasteiger partial charge in [0.2, 0.25) is 0 Å². The first kappa shape index (κ1) is 16.7. The lowest BCUT2D eigenvalue weighted by atomic mass is 10.2. The van der Waals surface area contributed by atoms with E-state index in [1.807, 2.05) is 25.3 Å². The lowest BCUT2D eigenvalue weighted by Gasteiger charge is -2.21. The SMILES string of the molecule is CN(CCOC1=CCCC=C1)c1nc(-c2cccnc2)nc2c1COC2. The fraction of sp³-hybridized carbons (Fsp3) is 0.350. The van der Waals surface area contributed by atoms with E-state index in [1.165, 1.54) is 0 Å². The Bertz CT molecular complexity index is 833. The smallest absolute Gasteiger partial charge is 0.163 e. The van der Waals surface area contributed by atoms with E-state index in [-0.39, 0.29) is 0 Å². The minimum absolute atomic E-state index is 0.528. The maximum atomic E-state index is 5.86. The number of aromatic nitrogens is 3. The van der Waals surface area contributed by atoms with Crippen LogP contribution in [0.15, 0.2) is 48.5 Å². The third kappa shape index (κ3) is 3.60. The van der Waals surface area contributed by atoms with Crippen LogP contribution in [0.4, 0.5) is 5.82 Å². The van der Waals surface area contributed by atoms with E-state index in [2.05, 4.69) is 27.0 Å². The molecule has 1 aliphatic carbocycles. The third-order valence-corrected chi connectivity index (χ3v) is 4.49. The van der Waals surface area contributed by atoms with E-state index >= 15 is 0 Å². The van der Waals surface area contributed by atoms with Crippen molar-refractivity contribution in [2.45, 2.75) is 26.1 Å². The van der Waals surface area contributed by atoms with Gasteiger partial charge < -0.3 is 14.4 Å². The van der Waals surface area contributed by atoms with E-state index in [1.54, 1.807) is 12.4 Å². The summed E-state index contributed by atoms with van der Waals surface area (Å²) in [5, 5.41) is 0. The Morgan fingerprint density at radius 3 is 3.00 bits per heavy atom. The van der Waals surface area contributed by atoms with E-state index in [0.717, 1.165) is 47.8 Å². The summed E-state index contributed by atoms with van der Waals surface area (Å²) in [6, 6.07) is 3.87. The average molecular weight is 350 g/mol. The van der Waals surface area contributed by atoms with Crippen LogP contribution in [0.3, 0.4) is 0 Å². The van der Waals surface area contributed by atoms with Gasteiger partial charge in [-0.1, -0.05) is 6.08 Å².